The Hall–Kier alpha value is -1.73. The van der Waals surface area contributed by atoms with E-state index in [1.807, 2.05) is 18.2 Å². The van der Waals surface area contributed by atoms with E-state index in [1.54, 1.807) is 4.90 Å². The Morgan fingerprint density at radius 1 is 1.28 bits per heavy atom. The maximum Gasteiger partial charge on any atom is 0.322 e. The highest BCUT2D eigenvalue weighted by Gasteiger charge is 2.16. The molecule has 1 aliphatic heterocycles. The second-order valence-electron chi connectivity index (χ2n) is 4.00. The molecular weight excluding hydrogens is 252 g/mol. The predicted octanol–water partition coefficient (Wildman–Crippen LogP) is 1.56. The van der Waals surface area contributed by atoms with Crippen LogP contribution in [0.25, 0.3) is 11.0 Å². The molecule has 2 aromatic rings. The van der Waals surface area contributed by atoms with Gasteiger partial charge in [0.05, 0.1) is 24.9 Å². The zero-order chi connectivity index (χ0) is 12.4. The van der Waals surface area contributed by atoms with E-state index in [0.717, 1.165) is 16.7 Å². The predicted molar refractivity (Wildman–Crippen MR) is 68.8 cm³/mol. The quantitative estimate of drug-likeness (QED) is 0.848. The number of benzene rings is 1. The fourth-order valence-corrected chi connectivity index (χ4v) is 2.35. The Kier molecular flexibility index (Phi) is 3.07. The summed E-state index contributed by atoms with van der Waals surface area (Å²) >= 11 is 1.17. The fourth-order valence-electron chi connectivity index (χ4n) is 1.83. The van der Waals surface area contributed by atoms with Crippen molar-refractivity contribution < 1.29 is 9.53 Å². The molecule has 7 heteroatoms. The van der Waals surface area contributed by atoms with Gasteiger partial charge >= 0.3 is 6.03 Å². The first-order valence-electron chi connectivity index (χ1n) is 5.69. The minimum atomic E-state index is -0.0964. The molecule has 0 aliphatic carbocycles. The smallest absolute Gasteiger partial charge is 0.322 e. The standard InChI is InChI=1S/C11H12N4O2S/c16-11(15-3-5-17-6-4-15)12-8-1-2-9-10(7-8)14-18-13-9/h1-2,7H,3-6H2,(H,12,16). The number of morpholine rings is 1. The molecule has 0 saturated carbocycles. The second-order valence-corrected chi connectivity index (χ2v) is 4.53. The highest BCUT2D eigenvalue weighted by Crippen LogP contribution is 2.17. The molecule has 1 N–H and O–H groups in total. The largest absolute Gasteiger partial charge is 0.378 e. The Bertz CT molecular complexity index is 565. The van der Waals surface area contributed by atoms with E-state index >= 15 is 0 Å². The summed E-state index contributed by atoms with van der Waals surface area (Å²) in [6.07, 6.45) is 0. The summed E-state index contributed by atoms with van der Waals surface area (Å²) in [4.78, 5) is 13.7. The molecule has 0 bridgehead atoms. The third kappa shape index (κ3) is 2.27. The van der Waals surface area contributed by atoms with Crippen LogP contribution in [0.2, 0.25) is 0 Å². The lowest BCUT2D eigenvalue weighted by atomic mass is 10.3. The summed E-state index contributed by atoms with van der Waals surface area (Å²) in [5, 5.41) is 2.86. The number of urea groups is 1. The molecule has 1 fully saturated rings. The summed E-state index contributed by atoms with van der Waals surface area (Å²) in [6.45, 7) is 2.46. The van der Waals surface area contributed by atoms with Gasteiger partial charge in [-0.3, -0.25) is 0 Å². The van der Waals surface area contributed by atoms with Crippen LogP contribution in [-0.4, -0.2) is 46.0 Å². The molecule has 0 radical (unpaired) electrons. The van der Waals surface area contributed by atoms with Gasteiger partial charge in [-0.25, -0.2) is 4.79 Å². The first-order valence-corrected chi connectivity index (χ1v) is 6.42. The molecule has 1 aromatic carbocycles. The number of amides is 2. The molecule has 1 aliphatic rings. The van der Waals surface area contributed by atoms with Gasteiger partial charge in [-0.15, -0.1) is 0 Å². The van der Waals surface area contributed by atoms with E-state index in [9.17, 15) is 4.79 Å². The number of ether oxygens (including phenoxy) is 1. The lowest BCUT2D eigenvalue weighted by molar-refractivity contribution is 0.0564. The normalized spacial score (nSPS) is 15.9. The van der Waals surface area contributed by atoms with Crippen molar-refractivity contribution in [2.45, 2.75) is 0 Å². The summed E-state index contributed by atoms with van der Waals surface area (Å²) in [5.41, 5.74) is 2.40. The van der Waals surface area contributed by atoms with Crippen LogP contribution in [0.5, 0.6) is 0 Å². The minimum Gasteiger partial charge on any atom is -0.378 e. The first kappa shape index (κ1) is 11.4. The van der Waals surface area contributed by atoms with E-state index in [0.29, 0.717) is 26.3 Å². The number of anilines is 1. The molecule has 0 spiro atoms. The molecule has 2 heterocycles. The van der Waals surface area contributed by atoms with E-state index in [4.69, 9.17) is 4.74 Å². The lowest BCUT2D eigenvalue weighted by Gasteiger charge is -2.26. The zero-order valence-corrected chi connectivity index (χ0v) is 10.4. The molecule has 18 heavy (non-hydrogen) atoms. The summed E-state index contributed by atoms with van der Waals surface area (Å²) < 4.78 is 13.5. The Balaban J connectivity index is 1.72. The molecule has 1 saturated heterocycles. The molecule has 0 atom stereocenters. The number of hydrogen-bond donors (Lipinski definition) is 1. The van der Waals surface area contributed by atoms with Crippen LogP contribution in [0.3, 0.4) is 0 Å². The van der Waals surface area contributed by atoms with Gasteiger partial charge in [0.1, 0.15) is 11.0 Å². The lowest BCUT2D eigenvalue weighted by Crippen LogP contribution is -2.43. The number of carbonyl (C=O) groups is 1. The molecule has 2 amide bonds. The van der Waals surface area contributed by atoms with Crippen molar-refractivity contribution in [3.63, 3.8) is 0 Å². The SMILES string of the molecule is O=C(Nc1ccc2nsnc2c1)N1CCOCC1. The van der Waals surface area contributed by atoms with Crippen molar-refractivity contribution in [3.8, 4) is 0 Å². The number of carbonyl (C=O) groups excluding carboxylic acids is 1. The van der Waals surface area contributed by atoms with E-state index in [-0.39, 0.29) is 6.03 Å². The molecule has 1 aromatic heterocycles. The van der Waals surface area contributed by atoms with Crippen molar-refractivity contribution in [1.29, 1.82) is 0 Å². The summed E-state index contributed by atoms with van der Waals surface area (Å²) in [6, 6.07) is 5.42. The van der Waals surface area contributed by atoms with Crippen LogP contribution < -0.4 is 5.32 Å². The summed E-state index contributed by atoms with van der Waals surface area (Å²) in [7, 11) is 0. The van der Waals surface area contributed by atoms with Gasteiger partial charge in [0.25, 0.3) is 0 Å². The van der Waals surface area contributed by atoms with Crippen molar-refractivity contribution in [2.75, 3.05) is 31.6 Å². The summed E-state index contributed by atoms with van der Waals surface area (Å²) in [5.74, 6) is 0. The van der Waals surface area contributed by atoms with Crippen LogP contribution in [0, 0.1) is 0 Å². The van der Waals surface area contributed by atoms with Gasteiger partial charge in [0.15, 0.2) is 0 Å². The van der Waals surface area contributed by atoms with Crippen LogP contribution >= 0.6 is 11.7 Å². The second kappa shape index (κ2) is 4.87. The monoisotopic (exact) mass is 264 g/mol. The van der Waals surface area contributed by atoms with E-state index in [2.05, 4.69) is 14.1 Å². The average molecular weight is 264 g/mol. The van der Waals surface area contributed by atoms with E-state index in [1.165, 1.54) is 11.7 Å². The molecule has 6 nitrogen and oxygen atoms in total. The topological polar surface area (TPSA) is 67.4 Å². The van der Waals surface area contributed by atoms with Gasteiger partial charge in [0, 0.05) is 18.8 Å². The van der Waals surface area contributed by atoms with Crippen molar-refractivity contribution >= 4 is 34.5 Å². The first-order chi connectivity index (χ1) is 8.83. The fraction of sp³-hybridized carbons (Fsp3) is 0.364. The van der Waals surface area contributed by atoms with Gasteiger partial charge in [-0.1, -0.05) is 0 Å². The Morgan fingerprint density at radius 3 is 2.89 bits per heavy atom. The molecule has 3 rings (SSSR count). The van der Waals surface area contributed by atoms with Crippen LogP contribution in [0.4, 0.5) is 10.5 Å². The maximum absolute atomic E-state index is 12.0. The van der Waals surface area contributed by atoms with Crippen LogP contribution in [-0.2, 0) is 4.74 Å². The highest BCUT2D eigenvalue weighted by atomic mass is 32.1. The van der Waals surface area contributed by atoms with Gasteiger partial charge in [-0.05, 0) is 18.2 Å². The number of fused-ring (bicyclic) bond motifs is 1. The highest BCUT2D eigenvalue weighted by molar-refractivity contribution is 7.00. The number of nitrogens with zero attached hydrogens (tertiary/aromatic N) is 3. The number of hydrogen-bond acceptors (Lipinski definition) is 5. The number of rotatable bonds is 1. The van der Waals surface area contributed by atoms with Crippen LogP contribution in [0.1, 0.15) is 0 Å². The zero-order valence-electron chi connectivity index (χ0n) is 9.63. The van der Waals surface area contributed by atoms with Crippen LogP contribution in [0.15, 0.2) is 18.2 Å². The Labute approximate surface area is 108 Å². The number of nitrogens with one attached hydrogen (secondary N) is 1. The molecule has 0 unspecified atom stereocenters. The molecular formula is C11H12N4O2S. The third-order valence-electron chi connectivity index (χ3n) is 2.80. The number of aromatic nitrogens is 2. The average Bonchev–Trinajstić information content (AvgIpc) is 2.87. The minimum absolute atomic E-state index is 0.0964. The Morgan fingerprint density at radius 2 is 2.06 bits per heavy atom. The van der Waals surface area contributed by atoms with E-state index < -0.39 is 0 Å². The van der Waals surface area contributed by atoms with Crippen molar-refractivity contribution in [1.82, 2.24) is 13.6 Å². The van der Waals surface area contributed by atoms with Gasteiger partial charge < -0.3 is 15.0 Å². The van der Waals surface area contributed by atoms with Crippen molar-refractivity contribution in [2.24, 2.45) is 0 Å². The van der Waals surface area contributed by atoms with Crippen molar-refractivity contribution in [3.05, 3.63) is 18.2 Å². The molecule has 94 valence electrons. The maximum atomic E-state index is 12.0. The third-order valence-corrected chi connectivity index (χ3v) is 3.36. The van der Waals surface area contributed by atoms with Gasteiger partial charge in [-0.2, -0.15) is 8.75 Å². The van der Waals surface area contributed by atoms with Gasteiger partial charge in [0.2, 0.25) is 0 Å².